The number of guanidine groups is 1. The Morgan fingerprint density at radius 3 is 2.42 bits per heavy atom. The molecule has 1 fully saturated rings. The van der Waals surface area contributed by atoms with Crippen molar-refractivity contribution in [1.29, 1.82) is 0 Å². The SMILES string of the molecule is CN=C(NCC(=O)Nc1ccccc1)NCC1(c2ccccc2F)CC1. The van der Waals surface area contributed by atoms with Gasteiger partial charge in [0.2, 0.25) is 5.91 Å². The number of rotatable bonds is 6. The summed E-state index contributed by atoms with van der Waals surface area (Å²) in [7, 11) is 1.65. The molecule has 0 atom stereocenters. The predicted molar refractivity (Wildman–Crippen MR) is 102 cm³/mol. The molecule has 0 spiro atoms. The molecular weight excluding hydrogens is 331 g/mol. The lowest BCUT2D eigenvalue weighted by Gasteiger charge is -2.19. The Labute approximate surface area is 152 Å². The summed E-state index contributed by atoms with van der Waals surface area (Å²) in [5, 5.41) is 9.00. The topological polar surface area (TPSA) is 65.5 Å². The summed E-state index contributed by atoms with van der Waals surface area (Å²) in [6.45, 7) is 0.676. The smallest absolute Gasteiger partial charge is 0.243 e. The van der Waals surface area contributed by atoms with E-state index in [1.807, 2.05) is 42.5 Å². The normalized spacial score (nSPS) is 15.2. The van der Waals surface area contributed by atoms with Gasteiger partial charge >= 0.3 is 0 Å². The predicted octanol–water partition coefficient (Wildman–Crippen LogP) is 2.66. The van der Waals surface area contributed by atoms with Crippen molar-refractivity contribution in [2.45, 2.75) is 18.3 Å². The first-order chi connectivity index (χ1) is 12.6. The minimum atomic E-state index is -0.185. The van der Waals surface area contributed by atoms with Crippen LogP contribution in [-0.2, 0) is 10.2 Å². The van der Waals surface area contributed by atoms with Crippen molar-refractivity contribution in [2.75, 3.05) is 25.5 Å². The summed E-state index contributed by atoms with van der Waals surface area (Å²) >= 11 is 0. The average molecular weight is 354 g/mol. The molecule has 6 heteroatoms. The van der Waals surface area contributed by atoms with Gasteiger partial charge in [-0.25, -0.2) is 4.39 Å². The summed E-state index contributed by atoms with van der Waals surface area (Å²) in [6, 6.07) is 16.2. The van der Waals surface area contributed by atoms with Crippen molar-refractivity contribution < 1.29 is 9.18 Å². The lowest BCUT2D eigenvalue weighted by Crippen LogP contribution is -2.44. The van der Waals surface area contributed by atoms with Crippen LogP contribution in [0.2, 0.25) is 0 Å². The van der Waals surface area contributed by atoms with E-state index in [-0.39, 0.29) is 23.7 Å². The van der Waals surface area contributed by atoms with E-state index in [0.717, 1.165) is 24.1 Å². The molecule has 136 valence electrons. The van der Waals surface area contributed by atoms with Crippen LogP contribution in [0, 0.1) is 5.82 Å². The van der Waals surface area contributed by atoms with Gasteiger partial charge in [0.25, 0.3) is 0 Å². The number of halogens is 1. The Balaban J connectivity index is 1.50. The van der Waals surface area contributed by atoms with E-state index in [9.17, 15) is 9.18 Å². The molecule has 0 radical (unpaired) electrons. The number of benzene rings is 2. The molecule has 0 saturated heterocycles. The number of hydrogen-bond acceptors (Lipinski definition) is 2. The number of nitrogens with zero attached hydrogens (tertiary/aromatic N) is 1. The maximum atomic E-state index is 14.1. The summed E-state index contributed by atoms with van der Waals surface area (Å²) in [4.78, 5) is 16.1. The van der Waals surface area contributed by atoms with Crippen molar-refractivity contribution >= 4 is 17.6 Å². The highest BCUT2D eigenvalue weighted by atomic mass is 19.1. The second-order valence-corrected chi connectivity index (χ2v) is 6.45. The second-order valence-electron chi connectivity index (χ2n) is 6.45. The fraction of sp³-hybridized carbons (Fsp3) is 0.300. The monoisotopic (exact) mass is 354 g/mol. The van der Waals surface area contributed by atoms with Crippen molar-refractivity contribution in [1.82, 2.24) is 10.6 Å². The van der Waals surface area contributed by atoms with E-state index in [1.54, 1.807) is 13.1 Å². The van der Waals surface area contributed by atoms with Gasteiger partial charge in [-0.15, -0.1) is 0 Å². The Bertz CT molecular complexity index is 787. The van der Waals surface area contributed by atoms with Crippen LogP contribution in [0.4, 0.5) is 10.1 Å². The Morgan fingerprint density at radius 1 is 1.08 bits per heavy atom. The number of carbonyl (C=O) groups is 1. The third-order valence-corrected chi connectivity index (χ3v) is 4.59. The van der Waals surface area contributed by atoms with Gasteiger partial charge in [-0.3, -0.25) is 9.79 Å². The van der Waals surface area contributed by atoms with Crippen LogP contribution in [0.3, 0.4) is 0 Å². The maximum absolute atomic E-state index is 14.1. The van der Waals surface area contributed by atoms with E-state index in [1.165, 1.54) is 6.07 Å². The van der Waals surface area contributed by atoms with Crippen molar-refractivity contribution in [3.8, 4) is 0 Å². The Kier molecular flexibility index (Phi) is 5.51. The molecule has 1 amide bonds. The molecule has 0 unspecified atom stereocenters. The molecule has 5 nitrogen and oxygen atoms in total. The first-order valence-corrected chi connectivity index (χ1v) is 8.67. The van der Waals surface area contributed by atoms with E-state index in [2.05, 4.69) is 20.9 Å². The number of nitrogens with one attached hydrogen (secondary N) is 3. The van der Waals surface area contributed by atoms with Crippen LogP contribution in [0.25, 0.3) is 0 Å². The van der Waals surface area contributed by atoms with Crippen molar-refractivity contribution in [3.05, 3.63) is 66.0 Å². The minimum absolute atomic E-state index is 0.0985. The number of carbonyl (C=O) groups excluding carboxylic acids is 1. The van der Waals surface area contributed by atoms with Gasteiger partial charge in [0.05, 0.1) is 6.54 Å². The maximum Gasteiger partial charge on any atom is 0.243 e. The van der Waals surface area contributed by atoms with Crippen LogP contribution in [0.1, 0.15) is 18.4 Å². The molecule has 0 heterocycles. The minimum Gasteiger partial charge on any atom is -0.356 e. The lowest BCUT2D eigenvalue weighted by molar-refractivity contribution is -0.115. The molecular formula is C20H23FN4O. The summed E-state index contributed by atoms with van der Waals surface area (Å²) in [5.41, 5.74) is 1.30. The molecule has 0 bridgehead atoms. The number of para-hydroxylation sites is 1. The fourth-order valence-electron chi connectivity index (χ4n) is 2.95. The standard InChI is InChI=1S/C20H23FN4O/c1-22-19(23-13-18(26)25-15-7-3-2-4-8-15)24-14-20(11-12-20)16-9-5-6-10-17(16)21/h2-10H,11-14H2,1H3,(H,25,26)(H2,22,23,24). The molecule has 1 aliphatic carbocycles. The zero-order chi connectivity index (χ0) is 18.4. The summed E-state index contributed by atoms with van der Waals surface area (Å²) < 4.78 is 14.1. The zero-order valence-corrected chi connectivity index (χ0v) is 14.8. The van der Waals surface area contributed by atoms with Gasteiger partial charge < -0.3 is 16.0 Å². The van der Waals surface area contributed by atoms with E-state index in [0.29, 0.717) is 12.5 Å². The highest BCUT2D eigenvalue weighted by Crippen LogP contribution is 2.48. The third-order valence-electron chi connectivity index (χ3n) is 4.59. The number of amides is 1. The largest absolute Gasteiger partial charge is 0.356 e. The fourth-order valence-corrected chi connectivity index (χ4v) is 2.95. The molecule has 3 rings (SSSR count). The van der Waals surface area contributed by atoms with Crippen LogP contribution in [-0.4, -0.2) is 32.0 Å². The van der Waals surface area contributed by atoms with E-state index in [4.69, 9.17) is 0 Å². The van der Waals surface area contributed by atoms with Gasteiger partial charge in [-0.05, 0) is 36.6 Å². The first kappa shape index (κ1) is 17.9. The van der Waals surface area contributed by atoms with E-state index < -0.39 is 0 Å². The summed E-state index contributed by atoms with van der Waals surface area (Å²) in [6.07, 6.45) is 1.87. The average Bonchev–Trinajstić information content (AvgIpc) is 3.44. The summed E-state index contributed by atoms with van der Waals surface area (Å²) in [5.74, 6) is 0.196. The lowest BCUT2D eigenvalue weighted by atomic mass is 9.95. The molecule has 1 aliphatic rings. The van der Waals surface area contributed by atoms with Crippen LogP contribution >= 0.6 is 0 Å². The van der Waals surface area contributed by atoms with Gasteiger partial charge in [-0.1, -0.05) is 36.4 Å². The van der Waals surface area contributed by atoms with Crippen molar-refractivity contribution in [3.63, 3.8) is 0 Å². The Morgan fingerprint density at radius 2 is 1.77 bits per heavy atom. The number of anilines is 1. The highest BCUT2D eigenvalue weighted by molar-refractivity contribution is 5.94. The van der Waals surface area contributed by atoms with Crippen LogP contribution in [0.15, 0.2) is 59.6 Å². The van der Waals surface area contributed by atoms with Gasteiger partial charge in [-0.2, -0.15) is 0 Å². The van der Waals surface area contributed by atoms with Gasteiger partial charge in [0.15, 0.2) is 5.96 Å². The zero-order valence-electron chi connectivity index (χ0n) is 14.8. The van der Waals surface area contributed by atoms with Crippen LogP contribution < -0.4 is 16.0 Å². The number of aliphatic imine (C=N–C) groups is 1. The highest BCUT2D eigenvalue weighted by Gasteiger charge is 2.45. The van der Waals surface area contributed by atoms with Crippen LogP contribution in [0.5, 0.6) is 0 Å². The molecule has 2 aromatic carbocycles. The second kappa shape index (κ2) is 7.99. The molecule has 0 aliphatic heterocycles. The molecule has 0 aromatic heterocycles. The van der Waals surface area contributed by atoms with Gasteiger partial charge in [0.1, 0.15) is 5.82 Å². The third kappa shape index (κ3) is 4.39. The first-order valence-electron chi connectivity index (χ1n) is 8.67. The molecule has 3 N–H and O–H groups in total. The van der Waals surface area contributed by atoms with Crippen molar-refractivity contribution in [2.24, 2.45) is 4.99 Å². The molecule has 2 aromatic rings. The molecule has 26 heavy (non-hydrogen) atoms. The Hall–Kier alpha value is -2.89. The molecule has 1 saturated carbocycles. The van der Waals surface area contributed by atoms with Gasteiger partial charge in [0, 0.05) is 24.7 Å². The quantitative estimate of drug-likeness (QED) is 0.552. The van der Waals surface area contributed by atoms with E-state index >= 15 is 0 Å². The number of hydrogen-bond donors (Lipinski definition) is 3.